The summed E-state index contributed by atoms with van der Waals surface area (Å²) in [7, 11) is 1.46. The van der Waals surface area contributed by atoms with Crippen molar-refractivity contribution in [2.45, 2.75) is 13.8 Å². The summed E-state index contributed by atoms with van der Waals surface area (Å²) in [6.45, 7) is 3.47. The number of nitro benzene ring substituents is 1. The molecule has 0 amide bonds. The van der Waals surface area contributed by atoms with Crippen LogP contribution in [0.1, 0.15) is 11.1 Å². The number of methoxy groups -OCH3 is 1. The summed E-state index contributed by atoms with van der Waals surface area (Å²) in [6, 6.07) is 7.57. The predicted octanol–water partition coefficient (Wildman–Crippen LogP) is 3.72. The van der Waals surface area contributed by atoms with Crippen LogP contribution in [0.4, 0.5) is 5.69 Å². The summed E-state index contributed by atoms with van der Waals surface area (Å²) in [5, 5.41) is 20.5. The first-order valence-corrected chi connectivity index (χ1v) is 6.23. The number of nitro groups is 1. The Morgan fingerprint density at radius 1 is 1.14 bits per heavy atom. The molecule has 2 rings (SSSR count). The van der Waals surface area contributed by atoms with Crippen LogP contribution in [-0.4, -0.2) is 17.1 Å². The standard InChI is InChI=1S/C15H15NO5/c1-9-6-11(16(18)19)7-10(2)15(9)21-12-4-5-14(20-3)13(17)8-12/h4-8,17H,1-3H3. The molecule has 0 saturated heterocycles. The third kappa shape index (κ3) is 3.05. The van der Waals surface area contributed by atoms with Gasteiger partial charge in [-0.3, -0.25) is 10.1 Å². The van der Waals surface area contributed by atoms with Crippen molar-refractivity contribution in [2.75, 3.05) is 7.11 Å². The van der Waals surface area contributed by atoms with Gasteiger partial charge in [-0.1, -0.05) is 0 Å². The molecule has 6 nitrogen and oxygen atoms in total. The Hall–Kier alpha value is -2.76. The minimum atomic E-state index is -0.441. The zero-order valence-corrected chi connectivity index (χ0v) is 11.9. The molecule has 0 atom stereocenters. The fraction of sp³-hybridized carbons (Fsp3) is 0.200. The molecule has 0 heterocycles. The van der Waals surface area contributed by atoms with Gasteiger partial charge in [0.05, 0.1) is 12.0 Å². The molecule has 0 fully saturated rings. The Bertz CT molecular complexity index is 673. The average Bonchev–Trinajstić information content (AvgIpc) is 2.42. The molecular weight excluding hydrogens is 274 g/mol. The lowest BCUT2D eigenvalue weighted by Gasteiger charge is -2.12. The lowest BCUT2D eigenvalue weighted by Crippen LogP contribution is -1.95. The summed E-state index contributed by atoms with van der Waals surface area (Å²) < 4.78 is 10.7. The molecule has 1 N–H and O–H groups in total. The van der Waals surface area contributed by atoms with E-state index in [1.165, 1.54) is 25.3 Å². The van der Waals surface area contributed by atoms with E-state index in [2.05, 4.69) is 0 Å². The highest BCUT2D eigenvalue weighted by molar-refractivity contribution is 5.52. The van der Waals surface area contributed by atoms with E-state index < -0.39 is 4.92 Å². The van der Waals surface area contributed by atoms with Crippen molar-refractivity contribution in [1.29, 1.82) is 0 Å². The number of benzene rings is 2. The first-order chi connectivity index (χ1) is 9.92. The van der Waals surface area contributed by atoms with Crippen molar-refractivity contribution in [3.8, 4) is 23.0 Å². The summed E-state index contributed by atoms with van der Waals surface area (Å²) >= 11 is 0. The van der Waals surface area contributed by atoms with Crippen molar-refractivity contribution >= 4 is 5.69 Å². The third-order valence-electron chi connectivity index (χ3n) is 3.03. The number of hydrogen-bond acceptors (Lipinski definition) is 5. The molecule has 0 aliphatic rings. The van der Waals surface area contributed by atoms with Gasteiger partial charge in [-0.25, -0.2) is 0 Å². The highest BCUT2D eigenvalue weighted by Gasteiger charge is 2.14. The monoisotopic (exact) mass is 289 g/mol. The summed E-state index contributed by atoms with van der Waals surface area (Å²) in [5.74, 6) is 1.27. The molecule has 0 radical (unpaired) electrons. The van der Waals surface area contributed by atoms with Gasteiger partial charge >= 0.3 is 0 Å². The van der Waals surface area contributed by atoms with Crippen LogP contribution in [0.15, 0.2) is 30.3 Å². The highest BCUT2D eigenvalue weighted by Crippen LogP contribution is 2.35. The van der Waals surface area contributed by atoms with Crippen molar-refractivity contribution in [1.82, 2.24) is 0 Å². The molecular formula is C15H15NO5. The van der Waals surface area contributed by atoms with Gasteiger partial charge in [-0.15, -0.1) is 0 Å². The van der Waals surface area contributed by atoms with Gasteiger partial charge in [0.2, 0.25) is 0 Å². The molecule has 2 aromatic rings. The molecule has 21 heavy (non-hydrogen) atoms. The van der Waals surface area contributed by atoms with Gasteiger partial charge in [0.25, 0.3) is 5.69 Å². The highest BCUT2D eigenvalue weighted by atomic mass is 16.6. The van der Waals surface area contributed by atoms with Crippen LogP contribution in [0.3, 0.4) is 0 Å². The van der Waals surface area contributed by atoms with Gasteiger partial charge in [0.1, 0.15) is 11.5 Å². The van der Waals surface area contributed by atoms with Crippen LogP contribution in [0.25, 0.3) is 0 Å². The average molecular weight is 289 g/mol. The smallest absolute Gasteiger partial charge is 0.270 e. The second-order valence-corrected chi connectivity index (χ2v) is 4.60. The number of aromatic hydroxyl groups is 1. The van der Waals surface area contributed by atoms with Crippen molar-refractivity contribution < 1.29 is 19.5 Å². The number of hydrogen-bond donors (Lipinski definition) is 1. The fourth-order valence-corrected chi connectivity index (χ4v) is 2.04. The number of phenols is 1. The van der Waals surface area contributed by atoms with Crippen LogP contribution < -0.4 is 9.47 Å². The summed E-state index contributed by atoms with van der Waals surface area (Å²) in [4.78, 5) is 10.4. The van der Waals surface area contributed by atoms with Crippen LogP contribution in [-0.2, 0) is 0 Å². The molecule has 110 valence electrons. The maximum absolute atomic E-state index is 10.8. The molecule has 0 saturated carbocycles. The van der Waals surface area contributed by atoms with E-state index in [0.29, 0.717) is 28.4 Å². The number of rotatable bonds is 4. The SMILES string of the molecule is COc1ccc(Oc2c(C)cc([N+](=O)[O-])cc2C)cc1O. The number of non-ortho nitro benzene ring substituents is 1. The molecule has 6 heteroatoms. The van der Waals surface area contributed by atoms with Gasteiger partial charge in [0.15, 0.2) is 11.5 Å². The number of aryl methyl sites for hydroxylation is 2. The van der Waals surface area contributed by atoms with Gasteiger partial charge in [0, 0.05) is 18.2 Å². The number of phenolic OH excluding ortho intramolecular Hbond substituents is 1. The van der Waals surface area contributed by atoms with Crippen molar-refractivity contribution in [2.24, 2.45) is 0 Å². The second kappa shape index (κ2) is 5.70. The molecule has 0 spiro atoms. The van der Waals surface area contributed by atoms with E-state index in [1.807, 2.05) is 0 Å². The molecule has 0 unspecified atom stereocenters. The third-order valence-corrected chi connectivity index (χ3v) is 3.03. The molecule has 0 aliphatic heterocycles. The lowest BCUT2D eigenvalue weighted by molar-refractivity contribution is -0.385. The maximum Gasteiger partial charge on any atom is 0.270 e. The minimum Gasteiger partial charge on any atom is -0.504 e. The van der Waals surface area contributed by atoms with E-state index in [4.69, 9.17) is 9.47 Å². The van der Waals surface area contributed by atoms with Crippen molar-refractivity contribution in [3.05, 3.63) is 51.6 Å². The summed E-state index contributed by atoms with van der Waals surface area (Å²) in [6.07, 6.45) is 0. The second-order valence-electron chi connectivity index (χ2n) is 4.60. The number of nitrogens with zero attached hydrogens (tertiary/aromatic N) is 1. The van der Waals surface area contributed by atoms with Crippen LogP contribution >= 0.6 is 0 Å². The Labute approximate surface area is 121 Å². The fourth-order valence-electron chi connectivity index (χ4n) is 2.04. The first kappa shape index (κ1) is 14.6. The first-order valence-electron chi connectivity index (χ1n) is 6.23. The largest absolute Gasteiger partial charge is 0.504 e. The van der Waals surface area contributed by atoms with Crippen LogP contribution in [0, 0.1) is 24.0 Å². The Kier molecular flexibility index (Phi) is 3.98. The summed E-state index contributed by atoms with van der Waals surface area (Å²) in [5.41, 5.74) is 1.32. The normalized spacial score (nSPS) is 10.2. The van der Waals surface area contributed by atoms with Crippen LogP contribution in [0.5, 0.6) is 23.0 Å². The van der Waals surface area contributed by atoms with Crippen molar-refractivity contribution in [3.63, 3.8) is 0 Å². The zero-order chi connectivity index (χ0) is 15.6. The molecule has 0 bridgehead atoms. The number of ether oxygens (including phenoxy) is 2. The Morgan fingerprint density at radius 2 is 1.76 bits per heavy atom. The zero-order valence-electron chi connectivity index (χ0n) is 11.9. The van der Waals surface area contributed by atoms with Crippen LogP contribution in [0.2, 0.25) is 0 Å². The van der Waals surface area contributed by atoms with E-state index >= 15 is 0 Å². The Morgan fingerprint density at radius 3 is 2.24 bits per heavy atom. The predicted molar refractivity (Wildman–Crippen MR) is 77.3 cm³/mol. The molecule has 0 aliphatic carbocycles. The van der Waals surface area contributed by atoms with Gasteiger partial charge in [-0.05, 0) is 37.1 Å². The molecule has 0 aromatic heterocycles. The van der Waals surface area contributed by atoms with E-state index in [-0.39, 0.29) is 11.4 Å². The lowest BCUT2D eigenvalue weighted by atomic mass is 10.1. The van der Waals surface area contributed by atoms with Gasteiger partial charge < -0.3 is 14.6 Å². The van der Waals surface area contributed by atoms with E-state index in [1.54, 1.807) is 26.0 Å². The Balaban J connectivity index is 2.35. The molecule has 2 aromatic carbocycles. The minimum absolute atomic E-state index is 0.0231. The maximum atomic E-state index is 10.8. The van der Waals surface area contributed by atoms with Gasteiger partial charge in [-0.2, -0.15) is 0 Å². The van der Waals surface area contributed by atoms with E-state index in [9.17, 15) is 15.2 Å². The topological polar surface area (TPSA) is 81.8 Å². The van der Waals surface area contributed by atoms with E-state index in [0.717, 1.165) is 0 Å². The quantitative estimate of drug-likeness (QED) is 0.685.